The van der Waals surface area contributed by atoms with Gasteiger partial charge in [0.25, 0.3) is 5.91 Å². The molecule has 5 rings (SSSR count). The second-order valence-corrected chi connectivity index (χ2v) is 12.9. The third-order valence-corrected chi connectivity index (χ3v) is 9.76. The van der Waals surface area contributed by atoms with Gasteiger partial charge in [-0.05, 0) is 81.3 Å². The predicted octanol–water partition coefficient (Wildman–Crippen LogP) is 4.09. The van der Waals surface area contributed by atoms with Crippen molar-refractivity contribution in [3.05, 3.63) is 81.9 Å². The number of aromatic nitrogens is 1. The minimum Gasteiger partial charge on any atom is -0.370 e. The zero-order valence-electron chi connectivity index (χ0n) is 24.8. The summed E-state index contributed by atoms with van der Waals surface area (Å²) in [7, 11) is -4.26. The molecule has 2 fully saturated rings. The van der Waals surface area contributed by atoms with Crippen LogP contribution in [0.25, 0.3) is 0 Å². The molecule has 0 saturated carbocycles. The fraction of sp³-hybridized carbons (Fsp3) is 0.406. The molecule has 0 atom stereocenters. The van der Waals surface area contributed by atoms with E-state index >= 15 is 0 Å². The van der Waals surface area contributed by atoms with Crippen LogP contribution in [0.2, 0.25) is 0 Å². The number of sulfonamides is 1. The van der Waals surface area contributed by atoms with Crippen LogP contribution in [0.1, 0.15) is 51.3 Å². The Morgan fingerprint density at radius 1 is 0.953 bits per heavy atom. The van der Waals surface area contributed by atoms with Crippen LogP contribution in [0.15, 0.2) is 47.4 Å². The first kappa shape index (κ1) is 30.4. The molecule has 3 aromatic rings. The van der Waals surface area contributed by atoms with Crippen molar-refractivity contribution < 1.29 is 17.6 Å². The van der Waals surface area contributed by atoms with Gasteiger partial charge in [0, 0.05) is 45.0 Å². The van der Waals surface area contributed by atoms with Crippen LogP contribution in [0.3, 0.4) is 0 Å². The molecule has 1 amide bonds. The molecule has 2 aromatic carbocycles. The maximum atomic E-state index is 14.4. The van der Waals surface area contributed by atoms with Gasteiger partial charge in [0.2, 0.25) is 10.0 Å². The van der Waals surface area contributed by atoms with E-state index in [-0.39, 0.29) is 11.6 Å². The minimum absolute atomic E-state index is 0.0998. The molecular formula is C32H37FN6O3S. The lowest BCUT2D eigenvalue weighted by atomic mass is 9.86. The number of anilines is 2. The van der Waals surface area contributed by atoms with E-state index in [1.54, 1.807) is 9.80 Å². The van der Waals surface area contributed by atoms with Crippen LogP contribution < -0.4 is 14.9 Å². The highest BCUT2D eigenvalue weighted by molar-refractivity contribution is 7.89. The number of rotatable bonds is 6. The van der Waals surface area contributed by atoms with Crippen LogP contribution in [0, 0.1) is 43.8 Å². The van der Waals surface area contributed by atoms with E-state index < -0.39 is 20.7 Å². The first-order valence-corrected chi connectivity index (χ1v) is 16.1. The summed E-state index contributed by atoms with van der Waals surface area (Å²) in [6.07, 6.45) is 2.80. The second-order valence-electron chi connectivity index (χ2n) is 11.4. The van der Waals surface area contributed by atoms with E-state index in [9.17, 15) is 22.9 Å². The van der Waals surface area contributed by atoms with Crippen molar-refractivity contribution in [1.82, 2.24) is 9.88 Å². The lowest BCUT2D eigenvalue weighted by Crippen LogP contribution is -2.49. The number of nitrogens with two attached hydrogens (primary N) is 1. The molecule has 3 heterocycles. The van der Waals surface area contributed by atoms with E-state index in [0.29, 0.717) is 48.9 Å². The van der Waals surface area contributed by atoms with Crippen molar-refractivity contribution in [1.29, 1.82) is 5.26 Å². The summed E-state index contributed by atoms with van der Waals surface area (Å²) in [6, 6.07) is 14.1. The van der Waals surface area contributed by atoms with E-state index in [4.69, 9.17) is 10.1 Å². The Kier molecular flexibility index (Phi) is 8.71. The van der Waals surface area contributed by atoms with Gasteiger partial charge >= 0.3 is 0 Å². The number of piperazine rings is 1. The lowest BCUT2D eigenvalue weighted by molar-refractivity contribution is 0.0744. The van der Waals surface area contributed by atoms with E-state index in [0.717, 1.165) is 60.9 Å². The topological polar surface area (TPSA) is 124 Å². The van der Waals surface area contributed by atoms with Crippen molar-refractivity contribution in [2.24, 2.45) is 11.1 Å². The third kappa shape index (κ3) is 6.21. The number of nitriles is 1. The average molecular weight is 605 g/mol. The van der Waals surface area contributed by atoms with Gasteiger partial charge in [-0.15, -0.1) is 0 Å². The summed E-state index contributed by atoms with van der Waals surface area (Å²) >= 11 is 0. The maximum Gasteiger partial charge on any atom is 0.256 e. The van der Waals surface area contributed by atoms with Gasteiger partial charge in [-0.1, -0.05) is 18.2 Å². The molecule has 0 radical (unpaired) electrons. The summed E-state index contributed by atoms with van der Waals surface area (Å²) < 4.78 is 38.6. The van der Waals surface area contributed by atoms with E-state index in [1.165, 1.54) is 12.1 Å². The summed E-state index contributed by atoms with van der Waals surface area (Å²) in [5.41, 5.74) is 6.20. The number of halogens is 1. The summed E-state index contributed by atoms with van der Waals surface area (Å²) in [4.78, 5) is 23.9. The van der Waals surface area contributed by atoms with Crippen molar-refractivity contribution in [3.8, 4) is 6.07 Å². The number of hydrogen-bond acceptors (Lipinski definition) is 7. The zero-order chi connectivity index (χ0) is 30.9. The molecule has 1 aromatic heterocycles. The SMILES string of the molecule is Cc1nc(C)c(C(=O)N2CCN(c3cccc(F)c3S(N)(=O)=O)CC2)c(C)c1CC1CCN(c2ccccc2C#N)CC1. The summed E-state index contributed by atoms with van der Waals surface area (Å²) in [5.74, 6) is -0.545. The number of hydrogen-bond donors (Lipinski definition) is 1. The third-order valence-electron chi connectivity index (χ3n) is 8.79. The molecule has 43 heavy (non-hydrogen) atoms. The van der Waals surface area contributed by atoms with E-state index in [2.05, 4.69) is 11.0 Å². The molecule has 2 saturated heterocycles. The Balaban J connectivity index is 1.28. The fourth-order valence-corrected chi connectivity index (χ4v) is 7.36. The highest BCUT2D eigenvalue weighted by Gasteiger charge is 2.30. The highest BCUT2D eigenvalue weighted by Crippen LogP contribution is 2.32. The number of primary sulfonamides is 1. The van der Waals surface area contributed by atoms with Gasteiger partial charge in [-0.2, -0.15) is 5.26 Å². The van der Waals surface area contributed by atoms with Crippen LogP contribution >= 0.6 is 0 Å². The Labute approximate surface area is 252 Å². The number of carbonyl (C=O) groups is 1. The predicted molar refractivity (Wildman–Crippen MR) is 164 cm³/mol. The average Bonchev–Trinajstić information content (AvgIpc) is 2.98. The van der Waals surface area contributed by atoms with Crippen LogP contribution in [-0.4, -0.2) is 63.5 Å². The first-order valence-electron chi connectivity index (χ1n) is 14.6. The highest BCUT2D eigenvalue weighted by atomic mass is 32.2. The molecule has 2 aliphatic rings. The zero-order valence-corrected chi connectivity index (χ0v) is 25.6. The number of piperidine rings is 1. The quantitative estimate of drug-likeness (QED) is 0.450. The summed E-state index contributed by atoms with van der Waals surface area (Å²) in [6.45, 7) is 9.00. The Morgan fingerprint density at radius 2 is 1.58 bits per heavy atom. The monoisotopic (exact) mass is 604 g/mol. The number of aryl methyl sites for hydroxylation is 2. The van der Waals surface area contributed by atoms with Crippen molar-refractivity contribution in [2.75, 3.05) is 49.1 Å². The van der Waals surface area contributed by atoms with Crippen molar-refractivity contribution in [3.63, 3.8) is 0 Å². The molecule has 2 N–H and O–H groups in total. The normalized spacial score (nSPS) is 16.3. The second kappa shape index (κ2) is 12.3. The molecule has 9 nitrogen and oxygen atoms in total. The molecule has 0 aliphatic carbocycles. The van der Waals surface area contributed by atoms with Crippen LogP contribution in [-0.2, 0) is 16.4 Å². The van der Waals surface area contributed by atoms with Gasteiger partial charge in [0.05, 0.1) is 28.2 Å². The van der Waals surface area contributed by atoms with Gasteiger partial charge in [0.15, 0.2) is 0 Å². The molecular weight excluding hydrogens is 567 g/mol. The molecule has 0 unspecified atom stereocenters. The molecule has 0 spiro atoms. The van der Waals surface area contributed by atoms with E-state index in [1.807, 2.05) is 45.0 Å². The molecule has 11 heteroatoms. The number of nitrogens with zero attached hydrogens (tertiary/aromatic N) is 5. The smallest absolute Gasteiger partial charge is 0.256 e. The number of benzene rings is 2. The number of amides is 1. The Morgan fingerprint density at radius 3 is 2.23 bits per heavy atom. The lowest BCUT2D eigenvalue weighted by Gasteiger charge is -2.37. The molecule has 0 bridgehead atoms. The number of carbonyl (C=O) groups excluding carboxylic acids is 1. The van der Waals surface area contributed by atoms with Gasteiger partial charge in [-0.3, -0.25) is 9.78 Å². The Bertz CT molecular complexity index is 1690. The van der Waals surface area contributed by atoms with Crippen molar-refractivity contribution in [2.45, 2.75) is 44.9 Å². The minimum atomic E-state index is -4.26. The Hall–Kier alpha value is -4.01. The fourth-order valence-electron chi connectivity index (χ4n) is 6.53. The molecule has 2 aliphatic heterocycles. The largest absolute Gasteiger partial charge is 0.370 e. The summed E-state index contributed by atoms with van der Waals surface area (Å²) in [5, 5.41) is 14.8. The van der Waals surface area contributed by atoms with Crippen LogP contribution in [0.4, 0.5) is 15.8 Å². The van der Waals surface area contributed by atoms with Crippen LogP contribution in [0.5, 0.6) is 0 Å². The van der Waals surface area contributed by atoms with Gasteiger partial charge < -0.3 is 14.7 Å². The first-order chi connectivity index (χ1) is 20.5. The molecule has 226 valence electrons. The maximum absolute atomic E-state index is 14.4. The van der Waals surface area contributed by atoms with Gasteiger partial charge in [-0.25, -0.2) is 17.9 Å². The number of para-hydroxylation sites is 1. The number of pyridine rings is 1. The standard InChI is InChI=1S/C32H37FN6O3S/c1-21-26(19-24-11-13-37(14-12-24)28-9-5-4-7-25(28)20-34)22(2)36-23(3)30(21)32(40)39-17-15-38(16-18-39)29-10-6-8-27(33)31(29)43(35,41)42/h4-10,24H,11-19H2,1-3H3,(H2,35,41,42). The van der Waals surface area contributed by atoms with Gasteiger partial charge in [0.1, 0.15) is 16.8 Å². The van der Waals surface area contributed by atoms with Crippen molar-refractivity contribution >= 4 is 27.3 Å².